The Bertz CT molecular complexity index is 792. The highest BCUT2D eigenvalue weighted by Crippen LogP contribution is 2.33. The average Bonchev–Trinajstić information content (AvgIpc) is 2.60. The molecule has 0 bridgehead atoms. The normalized spacial score (nSPS) is 16.2. The summed E-state index contributed by atoms with van der Waals surface area (Å²) in [7, 11) is 0. The number of amides is 1. The van der Waals surface area contributed by atoms with Gasteiger partial charge in [-0.15, -0.1) is 0 Å². The first kappa shape index (κ1) is 17.3. The second-order valence-corrected chi connectivity index (χ2v) is 6.19. The molecule has 0 radical (unpaired) electrons. The van der Waals surface area contributed by atoms with Gasteiger partial charge in [-0.3, -0.25) is 9.59 Å². The maximum Gasteiger partial charge on any atom is 0.307 e. The number of carbonyl (C=O) groups excluding carboxylic acids is 2. The van der Waals surface area contributed by atoms with E-state index in [0.717, 1.165) is 5.56 Å². The number of para-hydroxylation sites is 2. The van der Waals surface area contributed by atoms with Crippen molar-refractivity contribution in [2.24, 2.45) is 0 Å². The molecule has 0 N–H and O–H groups in total. The summed E-state index contributed by atoms with van der Waals surface area (Å²) in [6.07, 6.45) is -0.467. The van der Waals surface area contributed by atoms with E-state index >= 15 is 0 Å². The van der Waals surface area contributed by atoms with E-state index in [2.05, 4.69) is 0 Å². The predicted molar refractivity (Wildman–Crippen MR) is 94.8 cm³/mol. The molecule has 2 aromatic rings. The van der Waals surface area contributed by atoms with Crippen LogP contribution in [0.3, 0.4) is 0 Å². The summed E-state index contributed by atoms with van der Waals surface area (Å²) in [6.45, 7) is 2.10. The molecule has 0 fully saturated rings. The van der Waals surface area contributed by atoms with E-state index < -0.39 is 6.10 Å². The zero-order valence-corrected chi connectivity index (χ0v) is 14.5. The van der Waals surface area contributed by atoms with E-state index in [4.69, 9.17) is 21.1 Å². The second-order valence-electron chi connectivity index (χ2n) is 5.76. The van der Waals surface area contributed by atoms with Gasteiger partial charge in [0.15, 0.2) is 6.10 Å². The molecule has 2 aromatic carbocycles. The van der Waals surface area contributed by atoms with Gasteiger partial charge in [0.2, 0.25) is 0 Å². The summed E-state index contributed by atoms with van der Waals surface area (Å²) in [6, 6.07) is 14.4. The number of anilines is 1. The summed E-state index contributed by atoms with van der Waals surface area (Å²) in [5.41, 5.74) is 1.50. The topological polar surface area (TPSA) is 55.8 Å². The fourth-order valence-electron chi connectivity index (χ4n) is 2.66. The van der Waals surface area contributed by atoms with E-state index in [0.29, 0.717) is 16.5 Å². The minimum absolute atomic E-state index is 0.105. The summed E-state index contributed by atoms with van der Waals surface area (Å²) < 4.78 is 10.8. The van der Waals surface area contributed by atoms with Crippen molar-refractivity contribution in [3.63, 3.8) is 0 Å². The molecule has 0 unspecified atom stereocenters. The van der Waals surface area contributed by atoms with E-state index in [1.165, 1.54) is 0 Å². The van der Waals surface area contributed by atoms with Crippen LogP contribution < -0.4 is 9.64 Å². The molecule has 0 spiro atoms. The molecule has 0 saturated heterocycles. The highest BCUT2D eigenvalue weighted by atomic mass is 35.5. The highest BCUT2D eigenvalue weighted by molar-refractivity contribution is 6.30. The van der Waals surface area contributed by atoms with Crippen LogP contribution in [-0.4, -0.2) is 24.5 Å². The predicted octanol–water partition coefficient (Wildman–Crippen LogP) is 3.59. The molecule has 0 aliphatic carbocycles. The first-order valence-electron chi connectivity index (χ1n) is 8.02. The first-order chi connectivity index (χ1) is 12.0. The molecule has 0 aromatic heterocycles. The summed E-state index contributed by atoms with van der Waals surface area (Å²) in [5.74, 6) is 0.104. The Hall–Kier alpha value is -2.53. The smallest absolute Gasteiger partial charge is 0.307 e. The number of halogens is 1. The molecular weight excluding hydrogens is 342 g/mol. The molecule has 5 nitrogen and oxygen atoms in total. The lowest BCUT2D eigenvalue weighted by Gasteiger charge is -2.32. The van der Waals surface area contributed by atoms with Crippen molar-refractivity contribution >= 4 is 29.2 Å². The Balaban J connectivity index is 1.59. The van der Waals surface area contributed by atoms with Crippen LogP contribution in [0, 0.1) is 0 Å². The van der Waals surface area contributed by atoms with Crippen molar-refractivity contribution in [3.8, 4) is 5.75 Å². The Morgan fingerprint density at radius 2 is 2.04 bits per heavy atom. The second kappa shape index (κ2) is 7.57. The maximum absolute atomic E-state index is 12.4. The van der Waals surface area contributed by atoms with Crippen molar-refractivity contribution in [2.45, 2.75) is 26.1 Å². The lowest BCUT2D eigenvalue weighted by Crippen LogP contribution is -2.45. The molecule has 1 aliphatic heterocycles. The van der Waals surface area contributed by atoms with Crippen molar-refractivity contribution in [1.29, 1.82) is 0 Å². The Morgan fingerprint density at radius 1 is 1.24 bits per heavy atom. The third-order valence-corrected chi connectivity index (χ3v) is 4.14. The maximum atomic E-state index is 12.4. The van der Waals surface area contributed by atoms with Gasteiger partial charge < -0.3 is 14.4 Å². The van der Waals surface area contributed by atoms with Gasteiger partial charge in [-0.1, -0.05) is 35.9 Å². The van der Waals surface area contributed by atoms with Crippen LogP contribution in [-0.2, 0) is 20.9 Å². The minimum Gasteiger partial charge on any atom is -0.479 e. The molecule has 1 atom stereocenters. The molecule has 130 valence electrons. The van der Waals surface area contributed by atoms with Crippen LogP contribution in [0.1, 0.15) is 18.9 Å². The van der Waals surface area contributed by atoms with Crippen molar-refractivity contribution in [1.82, 2.24) is 0 Å². The molecule has 1 amide bonds. The number of carbonyl (C=O) groups is 2. The van der Waals surface area contributed by atoms with Gasteiger partial charge in [-0.05, 0) is 36.8 Å². The van der Waals surface area contributed by atoms with Crippen LogP contribution in [0.5, 0.6) is 5.75 Å². The SMILES string of the molecule is C[C@H]1Oc2ccccc2N(CCC(=O)OCc2cccc(Cl)c2)C1=O. The van der Waals surface area contributed by atoms with Gasteiger partial charge in [0, 0.05) is 11.6 Å². The van der Waals surface area contributed by atoms with E-state index in [-0.39, 0.29) is 31.4 Å². The number of nitrogens with zero attached hydrogens (tertiary/aromatic N) is 1. The van der Waals surface area contributed by atoms with Crippen LogP contribution in [0.4, 0.5) is 5.69 Å². The van der Waals surface area contributed by atoms with E-state index in [1.807, 2.05) is 24.3 Å². The van der Waals surface area contributed by atoms with Crippen molar-refractivity contribution in [2.75, 3.05) is 11.4 Å². The lowest BCUT2D eigenvalue weighted by molar-refractivity contribution is -0.144. The highest BCUT2D eigenvalue weighted by Gasteiger charge is 2.31. The van der Waals surface area contributed by atoms with E-state index in [1.54, 1.807) is 36.1 Å². The molecular formula is C19H18ClNO4. The summed E-state index contributed by atoms with van der Waals surface area (Å²) in [4.78, 5) is 25.9. The van der Waals surface area contributed by atoms with Crippen LogP contribution in [0.2, 0.25) is 5.02 Å². The Morgan fingerprint density at radius 3 is 2.84 bits per heavy atom. The minimum atomic E-state index is -0.572. The number of fused-ring (bicyclic) bond motifs is 1. The fourth-order valence-corrected chi connectivity index (χ4v) is 2.87. The zero-order valence-electron chi connectivity index (χ0n) is 13.8. The number of benzene rings is 2. The van der Waals surface area contributed by atoms with Gasteiger partial charge in [0.05, 0.1) is 12.1 Å². The van der Waals surface area contributed by atoms with E-state index in [9.17, 15) is 9.59 Å². The Labute approximate surface area is 151 Å². The largest absolute Gasteiger partial charge is 0.479 e. The number of hydrogen-bond donors (Lipinski definition) is 0. The number of ether oxygens (including phenoxy) is 2. The van der Waals surface area contributed by atoms with Gasteiger partial charge in [0.25, 0.3) is 5.91 Å². The van der Waals surface area contributed by atoms with Crippen LogP contribution in [0.15, 0.2) is 48.5 Å². The van der Waals surface area contributed by atoms with Gasteiger partial charge in [0.1, 0.15) is 12.4 Å². The van der Waals surface area contributed by atoms with Crippen LogP contribution in [0.25, 0.3) is 0 Å². The number of esters is 1. The average molecular weight is 360 g/mol. The van der Waals surface area contributed by atoms with Gasteiger partial charge in [-0.2, -0.15) is 0 Å². The monoisotopic (exact) mass is 359 g/mol. The van der Waals surface area contributed by atoms with Gasteiger partial charge in [-0.25, -0.2) is 0 Å². The molecule has 25 heavy (non-hydrogen) atoms. The van der Waals surface area contributed by atoms with Gasteiger partial charge >= 0.3 is 5.97 Å². The standard InChI is InChI=1S/C19H18ClNO4/c1-13-19(23)21(16-7-2-3-8-17(16)25-13)10-9-18(22)24-12-14-5-4-6-15(20)11-14/h2-8,11,13H,9-10,12H2,1H3/t13-/m1/s1. The summed E-state index contributed by atoms with van der Waals surface area (Å²) >= 11 is 5.90. The first-order valence-corrected chi connectivity index (χ1v) is 8.39. The third-order valence-electron chi connectivity index (χ3n) is 3.90. The molecule has 6 heteroatoms. The summed E-state index contributed by atoms with van der Waals surface area (Å²) in [5, 5.41) is 0.595. The van der Waals surface area contributed by atoms with Crippen molar-refractivity contribution < 1.29 is 19.1 Å². The number of rotatable bonds is 5. The molecule has 0 saturated carbocycles. The molecule has 1 heterocycles. The lowest BCUT2D eigenvalue weighted by atomic mass is 10.2. The van der Waals surface area contributed by atoms with Crippen LogP contribution >= 0.6 is 11.6 Å². The quantitative estimate of drug-likeness (QED) is 0.765. The number of hydrogen-bond acceptors (Lipinski definition) is 4. The molecule has 3 rings (SSSR count). The Kier molecular flexibility index (Phi) is 5.24. The third kappa shape index (κ3) is 4.12. The zero-order chi connectivity index (χ0) is 17.8. The van der Waals surface area contributed by atoms with Crippen molar-refractivity contribution in [3.05, 3.63) is 59.1 Å². The molecule has 1 aliphatic rings. The fraction of sp³-hybridized carbons (Fsp3) is 0.263.